The highest BCUT2D eigenvalue weighted by molar-refractivity contribution is 9.10. The van der Waals surface area contributed by atoms with E-state index < -0.39 is 9.84 Å². The second-order valence-electron chi connectivity index (χ2n) is 2.32. The van der Waals surface area contributed by atoms with E-state index in [0.29, 0.717) is 4.47 Å². The summed E-state index contributed by atoms with van der Waals surface area (Å²) in [4.78, 5) is 0.145. The Morgan fingerprint density at radius 1 is 1.42 bits per heavy atom. The molecule has 1 aromatic rings. The van der Waals surface area contributed by atoms with Gasteiger partial charge in [0.1, 0.15) is 0 Å². The van der Waals surface area contributed by atoms with E-state index in [1.807, 2.05) is 0 Å². The van der Waals surface area contributed by atoms with E-state index in [1.54, 1.807) is 18.2 Å². The Kier molecular flexibility index (Phi) is 2.81. The fourth-order valence-electron chi connectivity index (χ4n) is 0.837. The lowest BCUT2D eigenvalue weighted by Gasteiger charge is -2.02. The molecule has 0 spiro atoms. The molecule has 1 aromatic carbocycles. The van der Waals surface area contributed by atoms with Crippen LogP contribution in [0, 0.1) is 0 Å². The van der Waals surface area contributed by atoms with Crippen LogP contribution in [-0.4, -0.2) is 14.7 Å². The van der Waals surface area contributed by atoms with E-state index in [-0.39, 0.29) is 9.92 Å². The van der Waals surface area contributed by atoms with Crippen molar-refractivity contribution in [2.24, 2.45) is 0 Å². The lowest BCUT2D eigenvalue weighted by atomic mass is 10.4. The molecule has 0 aromatic heterocycles. The van der Waals surface area contributed by atoms with Crippen LogP contribution >= 0.6 is 27.5 Å². The summed E-state index contributed by atoms with van der Waals surface area (Å²) in [7, 11) is -3.24. The maximum absolute atomic E-state index is 11.2. The number of rotatable bonds is 1. The van der Waals surface area contributed by atoms with Gasteiger partial charge in [-0.25, -0.2) is 8.42 Å². The van der Waals surface area contributed by atoms with Crippen LogP contribution in [0.25, 0.3) is 0 Å². The Morgan fingerprint density at radius 3 is 2.33 bits per heavy atom. The van der Waals surface area contributed by atoms with E-state index in [1.165, 1.54) is 0 Å². The topological polar surface area (TPSA) is 34.1 Å². The van der Waals surface area contributed by atoms with Crippen molar-refractivity contribution in [3.05, 3.63) is 27.7 Å². The van der Waals surface area contributed by atoms with Crippen molar-refractivity contribution in [1.82, 2.24) is 0 Å². The highest BCUT2D eigenvalue weighted by Crippen LogP contribution is 2.28. The van der Waals surface area contributed by atoms with Gasteiger partial charge < -0.3 is 0 Å². The number of hydrogen-bond donors (Lipinski definition) is 0. The fourth-order valence-corrected chi connectivity index (χ4v) is 3.64. The van der Waals surface area contributed by atoms with Crippen LogP contribution in [0.4, 0.5) is 0 Å². The third-order valence-corrected chi connectivity index (χ3v) is 3.82. The molecule has 2 nitrogen and oxygen atoms in total. The molecule has 5 heteroatoms. The number of sulfone groups is 1. The third-order valence-electron chi connectivity index (χ3n) is 1.29. The van der Waals surface area contributed by atoms with E-state index in [9.17, 15) is 8.42 Å². The SMILES string of the molecule is CS(=O)(=O)c1c(Cl)cccc1Br. The van der Waals surface area contributed by atoms with Gasteiger partial charge in [-0.05, 0) is 28.1 Å². The summed E-state index contributed by atoms with van der Waals surface area (Å²) in [6.45, 7) is 0. The Labute approximate surface area is 84.6 Å². The van der Waals surface area contributed by atoms with Crippen LogP contribution in [0.3, 0.4) is 0 Å². The van der Waals surface area contributed by atoms with Crippen molar-refractivity contribution in [2.75, 3.05) is 6.26 Å². The van der Waals surface area contributed by atoms with Crippen LogP contribution in [-0.2, 0) is 9.84 Å². The first kappa shape index (κ1) is 10.0. The number of halogens is 2. The predicted octanol–water partition coefficient (Wildman–Crippen LogP) is 2.51. The molecule has 0 aliphatic carbocycles. The minimum Gasteiger partial charge on any atom is -0.224 e. The average molecular weight is 270 g/mol. The first-order valence-electron chi connectivity index (χ1n) is 3.07. The summed E-state index contributed by atoms with van der Waals surface area (Å²) in [5.74, 6) is 0. The van der Waals surface area contributed by atoms with Gasteiger partial charge in [0.2, 0.25) is 0 Å². The zero-order valence-corrected chi connectivity index (χ0v) is 9.37. The third kappa shape index (κ3) is 2.00. The van der Waals surface area contributed by atoms with Crippen LogP contribution in [0.2, 0.25) is 5.02 Å². The van der Waals surface area contributed by atoms with Gasteiger partial charge >= 0.3 is 0 Å². The molecule has 0 atom stereocenters. The molecule has 66 valence electrons. The molecule has 12 heavy (non-hydrogen) atoms. The van der Waals surface area contributed by atoms with Gasteiger partial charge in [0.15, 0.2) is 9.84 Å². The number of benzene rings is 1. The number of hydrogen-bond acceptors (Lipinski definition) is 2. The summed E-state index contributed by atoms with van der Waals surface area (Å²) in [6.07, 6.45) is 1.12. The smallest absolute Gasteiger partial charge is 0.178 e. The summed E-state index contributed by atoms with van der Waals surface area (Å²) in [5.41, 5.74) is 0. The average Bonchev–Trinajstić information content (AvgIpc) is 1.82. The maximum Gasteiger partial charge on any atom is 0.178 e. The van der Waals surface area contributed by atoms with E-state index in [2.05, 4.69) is 15.9 Å². The van der Waals surface area contributed by atoms with Crippen LogP contribution < -0.4 is 0 Å². The molecular formula is C7H6BrClO2S. The highest BCUT2D eigenvalue weighted by atomic mass is 79.9. The molecule has 0 amide bonds. The lowest BCUT2D eigenvalue weighted by molar-refractivity contribution is 0.601. The Balaban J connectivity index is 3.53. The molecule has 0 saturated heterocycles. The summed E-state index contributed by atoms with van der Waals surface area (Å²) in [6, 6.07) is 4.87. The molecule has 0 heterocycles. The van der Waals surface area contributed by atoms with E-state index in [4.69, 9.17) is 11.6 Å². The molecule has 0 saturated carbocycles. The first-order valence-corrected chi connectivity index (χ1v) is 6.13. The van der Waals surface area contributed by atoms with E-state index in [0.717, 1.165) is 6.26 Å². The second-order valence-corrected chi connectivity index (χ2v) is 5.54. The van der Waals surface area contributed by atoms with Crippen molar-refractivity contribution >= 4 is 37.4 Å². The van der Waals surface area contributed by atoms with Gasteiger partial charge in [0.05, 0.1) is 9.92 Å². The molecule has 0 unspecified atom stereocenters. The van der Waals surface area contributed by atoms with Gasteiger partial charge in [-0.15, -0.1) is 0 Å². The highest BCUT2D eigenvalue weighted by Gasteiger charge is 2.15. The van der Waals surface area contributed by atoms with Crippen molar-refractivity contribution in [2.45, 2.75) is 4.90 Å². The fraction of sp³-hybridized carbons (Fsp3) is 0.143. The van der Waals surface area contributed by atoms with Gasteiger partial charge in [0.25, 0.3) is 0 Å². The van der Waals surface area contributed by atoms with Gasteiger partial charge in [-0.1, -0.05) is 17.7 Å². The zero-order chi connectivity index (χ0) is 9.35. The van der Waals surface area contributed by atoms with Gasteiger partial charge in [-0.2, -0.15) is 0 Å². The summed E-state index contributed by atoms with van der Waals surface area (Å²) < 4.78 is 22.8. The first-order chi connectivity index (χ1) is 5.43. The normalized spacial score (nSPS) is 11.6. The maximum atomic E-state index is 11.2. The quantitative estimate of drug-likeness (QED) is 0.785. The molecule has 0 bridgehead atoms. The van der Waals surface area contributed by atoms with Crippen molar-refractivity contribution < 1.29 is 8.42 Å². The molecule has 0 N–H and O–H groups in total. The Bertz CT molecular complexity index is 380. The second kappa shape index (κ2) is 3.36. The van der Waals surface area contributed by atoms with Crippen molar-refractivity contribution in [3.63, 3.8) is 0 Å². The Morgan fingerprint density at radius 2 is 2.00 bits per heavy atom. The minimum atomic E-state index is -3.24. The van der Waals surface area contributed by atoms with Gasteiger partial charge in [0, 0.05) is 10.7 Å². The molecular weight excluding hydrogens is 263 g/mol. The largest absolute Gasteiger partial charge is 0.224 e. The van der Waals surface area contributed by atoms with Crippen LogP contribution in [0.1, 0.15) is 0 Å². The Hall–Kier alpha value is -0.0600. The van der Waals surface area contributed by atoms with Crippen LogP contribution in [0.15, 0.2) is 27.6 Å². The monoisotopic (exact) mass is 268 g/mol. The molecule has 0 fully saturated rings. The standard InChI is InChI=1S/C7H6BrClO2S/c1-12(10,11)7-5(8)3-2-4-6(7)9/h2-4H,1H3. The molecule has 0 radical (unpaired) electrons. The van der Waals surface area contributed by atoms with Crippen molar-refractivity contribution in [1.29, 1.82) is 0 Å². The summed E-state index contributed by atoms with van der Waals surface area (Å²) >= 11 is 8.82. The molecule has 0 aliphatic heterocycles. The predicted molar refractivity (Wildman–Crippen MR) is 52.3 cm³/mol. The molecule has 1 rings (SSSR count). The lowest BCUT2D eigenvalue weighted by Crippen LogP contribution is -1.98. The van der Waals surface area contributed by atoms with Gasteiger partial charge in [-0.3, -0.25) is 0 Å². The van der Waals surface area contributed by atoms with Crippen molar-refractivity contribution in [3.8, 4) is 0 Å². The zero-order valence-electron chi connectivity index (χ0n) is 6.21. The van der Waals surface area contributed by atoms with E-state index >= 15 is 0 Å². The van der Waals surface area contributed by atoms with Crippen LogP contribution in [0.5, 0.6) is 0 Å². The molecule has 0 aliphatic rings. The summed E-state index contributed by atoms with van der Waals surface area (Å²) in [5, 5.41) is 0.242. The minimum absolute atomic E-state index is 0.145.